The Kier molecular flexibility index (Phi) is 9.68. The van der Waals surface area contributed by atoms with E-state index >= 15 is 0 Å². The summed E-state index contributed by atoms with van der Waals surface area (Å²) in [6.45, 7) is 3.85. The lowest BCUT2D eigenvalue weighted by Crippen LogP contribution is -2.39. The number of methoxy groups -OCH3 is 1. The summed E-state index contributed by atoms with van der Waals surface area (Å²) in [6, 6.07) is 15.1. The molecule has 222 valence electrons. The van der Waals surface area contributed by atoms with Crippen LogP contribution in [0.5, 0.6) is 11.5 Å². The van der Waals surface area contributed by atoms with Crippen LogP contribution >= 0.6 is 62.1 Å². The van der Waals surface area contributed by atoms with Crippen LogP contribution in [0.1, 0.15) is 36.6 Å². The molecule has 2 heterocycles. The molecule has 0 amide bonds. The summed E-state index contributed by atoms with van der Waals surface area (Å²) < 4.78 is 19.6. The summed E-state index contributed by atoms with van der Waals surface area (Å²) in [5.74, 6) is 0.407. The van der Waals surface area contributed by atoms with Crippen molar-refractivity contribution in [1.82, 2.24) is 4.57 Å². The van der Waals surface area contributed by atoms with Gasteiger partial charge in [-0.25, -0.2) is 9.79 Å². The van der Waals surface area contributed by atoms with Gasteiger partial charge in [0.15, 0.2) is 16.3 Å². The van der Waals surface area contributed by atoms with Crippen molar-refractivity contribution in [2.24, 2.45) is 4.99 Å². The molecule has 0 saturated carbocycles. The summed E-state index contributed by atoms with van der Waals surface area (Å²) in [5, 5.41) is 1.57. The molecule has 0 spiro atoms. The number of aromatic nitrogens is 1. The van der Waals surface area contributed by atoms with Gasteiger partial charge in [0.2, 0.25) is 0 Å². The van der Waals surface area contributed by atoms with E-state index in [1.165, 1.54) is 23.0 Å². The van der Waals surface area contributed by atoms with E-state index in [0.29, 0.717) is 62.8 Å². The van der Waals surface area contributed by atoms with Crippen LogP contribution in [-0.4, -0.2) is 24.3 Å². The van der Waals surface area contributed by atoms with E-state index in [9.17, 15) is 9.59 Å². The molecule has 1 aliphatic rings. The largest absolute Gasteiger partial charge is 0.493 e. The van der Waals surface area contributed by atoms with Crippen molar-refractivity contribution in [2.75, 3.05) is 13.7 Å². The summed E-state index contributed by atoms with van der Waals surface area (Å²) in [7, 11) is 1.54. The van der Waals surface area contributed by atoms with E-state index in [2.05, 4.69) is 20.9 Å². The van der Waals surface area contributed by atoms with Crippen LogP contribution < -0.4 is 24.4 Å². The highest BCUT2D eigenvalue weighted by Gasteiger charge is 2.33. The number of benzene rings is 3. The van der Waals surface area contributed by atoms with Gasteiger partial charge < -0.3 is 14.2 Å². The number of ether oxygens (including phenoxy) is 3. The van der Waals surface area contributed by atoms with E-state index in [-0.39, 0.29) is 18.8 Å². The molecule has 1 unspecified atom stereocenters. The minimum atomic E-state index is -0.730. The van der Waals surface area contributed by atoms with Crippen molar-refractivity contribution < 1.29 is 19.0 Å². The molecule has 1 atom stereocenters. The quantitative estimate of drug-likeness (QED) is 0.181. The molecule has 4 aromatic rings. The molecular weight excluding hydrogens is 699 g/mol. The first-order valence-electron chi connectivity index (χ1n) is 13.0. The van der Waals surface area contributed by atoms with Crippen LogP contribution in [0.2, 0.25) is 15.1 Å². The topological polar surface area (TPSA) is 79.1 Å². The normalized spacial score (nSPS) is 14.8. The van der Waals surface area contributed by atoms with Gasteiger partial charge in [-0.3, -0.25) is 9.36 Å². The summed E-state index contributed by atoms with van der Waals surface area (Å²) in [4.78, 5) is 32.1. The first-order valence-corrected chi connectivity index (χ1v) is 15.7. The molecule has 0 bridgehead atoms. The summed E-state index contributed by atoms with van der Waals surface area (Å²) in [6.07, 6.45) is 1.75. The van der Waals surface area contributed by atoms with Gasteiger partial charge in [-0.05, 0) is 83.4 Å². The maximum Gasteiger partial charge on any atom is 0.338 e. The number of hydrogen-bond acceptors (Lipinski definition) is 7. The molecule has 0 N–H and O–H groups in total. The van der Waals surface area contributed by atoms with Gasteiger partial charge >= 0.3 is 5.97 Å². The molecule has 0 aliphatic carbocycles. The van der Waals surface area contributed by atoms with Gasteiger partial charge in [0.25, 0.3) is 5.56 Å². The fraction of sp³-hybridized carbons (Fsp3) is 0.194. The standard InChI is InChI=1S/C31H24BrCl3N2O5S/c1-4-41-30(39)26-16(2)36-31-37(27(26)18-5-8-20(33)9-6-18)29(38)25(43-31)13-17-11-22(32)28(24(12-17)40-3)42-15-19-7-10-21(34)14-23(19)35/h5-14,27H,4,15H2,1-3H3/b25-13+. The summed E-state index contributed by atoms with van der Waals surface area (Å²) >= 11 is 23.3. The fourth-order valence-electron chi connectivity index (χ4n) is 4.66. The highest BCUT2D eigenvalue weighted by Crippen LogP contribution is 2.38. The lowest BCUT2D eigenvalue weighted by molar-refractivity contribution is -0.139. The molecule has 43 heavy (non-hydrogen) atoms. The average molecular weight is 723 g/mol. The molecule has 7 nitrogen and oxygen atoms in total. The van der Waals surface area contributed by atoms with Crippen LogP contribution in [0, 0.1) is 0 Å². The third kappa shape index (κ3) is 6.56. The zero-order valence-electron chi connectivity index (χ0n) is 23.1. The maximum atomic E-state index is 13.9. The predicted molar refractivity (Wildman–Crippen MR) is 173 cm³/mol. The van der Waals surface area contributed by atoms with Crippen molar-refractivity contribution in [3.63, 3.8) is 0 Å². The first-order chi connectivity index (χ1) is 20.6. The van der Waals surface area contributed by atoms with Crippen LogP contribution in [0.25, 0.3) is 6.08 Å². The Morgan fingerprint density at radius 3 is 2.49 bits per heavy atom. The minimum Gasteiger partial charge on any atom is -0.493 e. The molecule has 0 radical (unpaired) electrons. The zero-order chi connectivity index (χ0) is 30.8. The minimum absolute atomic E-state index is 0.190. The van der Waals surface area contributed by atoms with E-state index in [1.807, 2.05) is 6.07 Å². The van der Waals surface area contributed by atoms with Crippen LogP contribution in [-0.2, 0) is 16.1 Å². The Morgan fingerprint density at radius 2 is 1.81 bits per heavy atom. The predicted octanol–water partition coefficient (Wildman–Crippen LogP) is 7.11. The number of halogens is 4. The number of hydrogen-bond donors (Lipinski definition) is 0. The van der Waals surface area contributed by atoms with Crippen LogP contribution in [0.15, 0.2) is 80.1 Å². The van der Waals surface area contributed by atoms with Gasteiger partial charge in [-0.1, -0.05) is 64.3 Å². The van der Waals surface area contributed by atoms with Gasteiger partial charge in [0.05, 0.1) is 40.0 Å². The maximum absolute atomic E-state index is 13.9. The fourth-order valence-corrected chi connectivity index (χ4v) is 6.87. The molecule has 0 saturated heterocycles. The third-order valence-electron chi connectivity index (χ3n) is 6.64. The molecule has 3 aromatic carbocycles. The van der Waals surface area contributed by atoms with Gasteiger partial charge in [-0.2, -0.15) is 0 Å². The van der Waals surface area contributed by atoms with Crippen molar-refractivity contribution in [2.45, 2.75) is 26.5 Å². The molecule has 1 aromatic heterocycles. The zero-order valence-corrected chi connectivity index (χ0v) is 27.8. The van der Waals surface area contributed by atoms with E-state index in [1.54, 1.807) is 68.5 Å². The molecule has 12 heteroatoms. The number of allylic oxidation sites excluding steroid dienone is 1. The molecule has 0 fully saturated rings. The van der Waals surface area contributed by atoms with Crippen molar-refractivity contribution in [1.29, 1.82) is 0 Å². The van der Waals surface area contributed by atoms with Crippen LogP contribution in [0.4, 0.5) is 0 Å². The highest BCUT2D eigenvalue weighted by molar-refractivity contribution is 9.10. The second-order valence-electron chi connectivity index (χ2n) is 9.41. The average Bonchev–Trinajstić information content (AvgIpc) is 3.26. The van der Waals surface area contributed by atoms with Gasteiger partial charge in [-0.15, -0.1) is 0 Å². The number of carbonyl (C=O) groups excluding carboxylic acids is 1. The number of fused-ring (bicyclic) bond motifs is 1. The van der Waals surface area contributed by atoms with Gasteiger partial charge in [0, 0.05) is 20.6 Å². The SMILES string of the molecule is CCOC(=O)C1=C(C)N=c2s/c(=C/c3cc(Br)c(OCc4ccc(Cl)cc4Cl)c(OC)c3)c(=O)n2C1c1ccc(Cl)cc1. The Labute approximate surface area is 274 Å². The van der Waals surface area contributed by atoms with Crippen molar-refractivity contribution in [3.05, 3.63) is 122 Å². The number of carbonyl (C=O) groups is 1. The second-order valence-corrected chi connectivity index (χ2v) is 12.6. The Balaban J connectivity index is 1.56. The molecule has 5 rings (SSSR count). The number of nitrogens with zero attached hydrogens (tertiary/aromatic N) is 2. The highest BCUT2D eigenvalue weighted by atomic mass is 79.9. The Bertz CT molecular complexity index is 1940. The monoisotopic (exact) mass is 720 g/mol. The lowest BCUT2D eigenvalue weighted by Gasteiger charge is -2.24. The first kappa shape index (κ1) is 31.3. The van der Waals surface area contributed by atoms with Crippen LogP contribution in [0.3, 0.4) is 0 Å². The van der Waals surface area contributed by atoms with Crippen molar-refractivity contribution >= 4 is 74.1 Å². The molecule has 1 aliphatic heterocycles. The van der Waals surface area contributed by atoms with E-state index < -0.39 is 12.0 Å². The van der Waals surface area contributed by atoms with E-state index in [0.717, 1.165) is 5.56 Å². The van der Waals surface area contributed by atoms with Crippen molar-refractivity contribution in [3.8, 4) is 11.5 Å². The lowest BCUT2D eigenvalue weighted by atomic mass is 9.96. The Hall–Kier alpha value is -3.08. The van der Waals surface area contributed by atoms with Gasteiger partial charge in [0.1, 0.15) is 6.61 Å². The molecular formula is C31H24BrCl3N2O5S. The Morgan fingerprint density at radius 1 is 1.09 bits per heavy atom. The number of esters is 1. The third-order valence-corrected chi connectivity index (χ3v) is 9.05. The second kappa shape index (κ2) is 13.3. The summed E-state index contributed by atoms with van der Waals surface area (Å²) in [5.41, 5.74) is 2.65. The number of thiazole rings is 1. The van der Waals surface area contributed by atoms with E-state index in [4.69, 9.17) is 49.0 Å². The smallest absolute Gasteiger partial charge is 0.338 e. The number of rotatable bonds is 8.